The summed E-state index contributed by atoms with van der Waals surface area (Å²) < 4.78 is 34.5. The maximum Gasteiger partial charge on any atom is 0.649 e. The molecule has 0 aliphatic heterocycles. The summed E-state index contributed by atoms with van der Waals surface area (Å²) >= 11 is 0. The summed E-state index contributed by atoms with van der Waals surface area (Å²) in [6.07, 6.45) is 11.2. The Bertz CT molecular complexity index is 2760. The molecule has 0 saturated carbocycles. The van der Waals surface area contributed by atoms with Crippen molar-refractivity contribution in [2.45, 2.75) is 58.5 Å². The molecular formula is C57H51N3O6Si2. The van der Waals surface area contributed by atoms with Crippen molar-refractivity contribution < 1.29 is 26.6 Å². The summed E-state index contributed by atoms with van der Waals surface area (Å²) in [5.41, 5.74) is 0. The number of unbranched alkanes of at least 4 members (excludes halogenated alkanes) is 2. The van der Waals surface area contributed by atoms with Crippen molar-refractivity contribution in [3.63, 3.8) is 0 Å². The normalized spacial score (nSPS) is 8.12. The second kappa shape index (κ2) is 43.9. The molecule has 0 aromatic carbocycles. The molecular weight excluding hydrogens is 879 g/mol. The second-order valence-corrected chi connectivity index (χ2v) is 18.5. The molecule has 0 fully saturated rings. The van der Waals surface area contributed by atoms with Gasteiger partial charge in [-0.25, -0.2) is 0 Å². The van der Waals surface area contributed by atoms with Crippen molar-refractivity contribution in [1.29, 1.82) is 0 Å². The van der Waals surface area contributed by atoms with Gasteiger partial charge in [-0.1, -0.05) is 17.8 Å². The summed E-state index contributed by atoms with van der Waals surface area (Å²) in [5.74, 6) is 85.4. The van der Waals surface area contributed by atoms with E-state index >= 15 is 0 Å². The maximum atomic E-state index is 5.84. The van der Waals surface area contributed by atoms with Gasteiger partial charge in [-0.2, -0.15) is 0 Å². The van der Waals surface area contributed by atoms with E-state index < -0.39 is 17.6 Å². The first-order valence-corrected chi connectivity index (χ1v) is 24.6. The van der Waals surface area contributed by atoms with Crippen LogP contribution in [0.3, 0.4) is 0 Å². The predicted octanol–water partition coefficient (Wildman–Crippen LogP) is 3.20. The fraction of sp³-hybridized carbons (Fsp3) is 0.368. The Morgan fingerprint density at radius 2 is 0.500 bits per heavy atom. The summed E-state index contributed by atoms with van der Waals surface area (Å²) in [7, 11) is 4.72. The van der Waals surface area contributed by atoms with Gasteiger partial charge in [-0.05, 0) is 169 Å². The number of hydrogen-bond donors (Lipinski definition) is 0. The van der Waals surface area contributed by atoms with E-state index in [0.717, 1.165) is 65.0 Å². The number of likely N-dealkylation sites (N-methyl/N-ethyl adjacent to an activating group) is 3. The molecule has 0 aliphatic rings. The fourth-order valence-corrected chi connectivity index (χ4v) is 7.96. The van der Waals surface area contributed by atoms with Gasteiger partial charge in [0, 0.05) is 148 Å². The molecule has 0 saturated heterocycles. The Balaban J connectivity index is 5.10. The number of hydrogen-bond acceptors (Lipinski definition) is 9. The van der Waals surface area contributed by atoms with Crippen molar-refractivity contribution in [2.75, 3.05) is 81.7 Å². The van der Waals surface area contributed by atoms with Gasteiger partial charge < -0.3 is 41.3 Å². The average molecular weight is 930 g/mol. The van der Waals surface area contributed by atoms with Gasteiger partial charge in [-0.3, -0.25) is 0 Å². The SMILES string of the molecule is CC#CC#CC#CC#CC#CC#CO[Si](CCCCN(C)CCN(C)CCN(C)CCCC[Si](OC)(OC#CC#CC#CC#CC#CC#CC)OC#CC#CC#CC#CC#CC#CC)(OC)OC. The monoisotopic (exact) mass is 929 g/mol. The standard InChI is InChI=1S/C57H51N3O6Si2/c1-10-13-16-19-22-25-28-31-34-37-42-53-64-67(61-7,62-8)56-45-40-47-58(4)49-51-60(6)52-50-59(5)48-41-46-57-68(63-9,65-54-43-38-35-32-29-26-23-20-17-14-11-2)66-55-44-39-36-33-30-27-24-21-18-15-12-3/h40-41,45-52,56-57H2,1-9H3. The van der Waals surface area contributed by atoms with E-state index in [-0.39, 0.29) is 0 Å². The average Bonchev–Trinajstić information content (AvgIpc) is 3.35. The van der Waals surface area contributed by atoms with E-state index in [0.29, 0.717) is 12.1 Å². The van der Waals surface area contributed by atoms with Crippen molar-refractivity contribution in [3.05, 3.63) is 0 Å². The predicted molar refractivity (Wildman–Crippen MR) is 273 cm³/mol. The third-order valence-corrected chi connectivity index (χ3v) is 13.1. The quantitative estimate of drug-likeness (QED) is 0.0927. The lowest BCUT2D eigenvalue weighted by molar-refractivity contribution is 0.147. The van der Waals surface area contributed by atoms with Gasteiger partial charge in [0.2, 0.25) is 0 Å². The smallest absolute Gasteiger partial charge is 0.450 e. The zero-order valence-corrected chi connectivity index (χ0v) is 42.3. The molecule has 9 nitrogen and oxygen atoms in total. The highest BCUT2D eigenvalue weighted by Crippen LogP contribution is 2.18. The first-order chi connectivity index (χ1) is 33.3. The first kappa shape index (κ1) is 59.7. The second-order valence-electron chi connectivity index (χ2n) is 12.9. The number of nitrogens with zero attached hydrogens (tertiary/aromatic N) is 3. The van der Waals surface area contributed by atoms with Crippen LogP contribution < -0.4 is 0 Å². The molecule has 0 rings (SSSR count). The lowest BCUT2D eigenvalue weighted by Gasteiger charge is -2.25. The fourth-order valence-electron chi connectivity index (χ4n) is 4.52. The third kappa shape index (κ3) is 36.1. The minimum atomic E-state index is -3.36. The summed E-state index contributed by atoms with van der Waals surface area (Å²) in [6, 6.07) is 1.09. The van der Waals surface area contributed by atoms with Crippen LogP contribution in [-0.4, -0.2) is 114 Å². The first-order valence-electron chi connectivity index (χ1n) is 20.8. The van der Waals surface area contributed by atoms with Crippen LogP contribution in [0.15, 0.2) is 0 Å². The molecule has 0 heterocycles. The van der Waals surface area contributed by atoms with Gasteiger partial charge in [0.15, 0.2) is 0 Å². The lowest BCUT2D eigenvalue weighted by atomic mass is 10.3. The highest BCUT2D eigenvalue weighted by atomic mass is 28.4. The molecule has 0 aromatic rings. The van der Waals surface area contributed by atoms with Crippen molar-refractivity contribution in [3.8, 4) is 214 Å². The van der Waals surface area contributed by atoms with Crippen molar-refractivity contribution >= 4 is 17.6 Å². The molecule has 0 unspecified atom stereocenters. The van der Waals surface area contributed by atoms with Gasteiger partial charge in [0.05, 0.1) is 0 Å². The maximum absolute atomic E-state index is 5.84. The van der Waals surface area contributed by atoms with Crippen LogP contribution in [0.5, 0.6) is 0 Å². The molecule has 0 radical (unpaired) electrons. The molecule has 338 valence electrons. The van der Waals surface area contributed by atoms with E-state index in [1.165, 1.54) is 7.11 Å². The minimum Gasteiger partial charge on any atom is -0.450 e. The largest absolute Gasteiger partial charge is 0.649 e. The van der Waals surface area contributed by atoms with E-state index in [2.05, 4.69) is 250 Å². The summed E-state index contributed by atoms with van der Waals surface area (Å²) in [4.78, 5) is 6.95. The van der Waals surface area contributed by atoms with E-state index in [1.54, 1.807) is 35.0 Å². The Hall–Kier alpha value is -8.33. The van der Waals surface area contributed by atoms with Crippen LogP contribution in [0.1, 0.15) is 46.5 Å². The zero-order chi connectivity index (χ0) is 49.9. The molecule has 0 bridgehead atoms. The Kier molecular flexibility index (Phi) is 38.5. The van der Waals surface area contributed by atoms with Gasteiger partial charge in [0.1, 0.15) is 18.3 Å². The molecule has 11 heteroatoms. The molecule has 0 aliphatic carbocycles. The highest BCUT2D eigenvalue weighted by Gasteiger charge is 2.44. The van der Waals surface area contributed by atoms with E-state index in [4.69, 9.17) is 26.6 Å². The summed E-state index contributed by atoms with van der Waals surface area (Å²) in [6.45, 7) is 10.6. The van der Waals surface area contributed by atoms with Crippen LogP contribution in [0.4, 0.5) is 0 Å². The Morgan fingerprint density at radius 3 is 0.765 bits per heavy atom. The van der Waals surface area contributed by atoms with Crippen LogP contribution in [0, 0.1) is 214 Å². The van der Waals surface area contributed by atoms with Crippen LogP contribution >= 0.6 is 0 Å². The molecule has 0 amide bonds. The number of rotatable bonds is 22. The molecule has 0 N–H and O–H groups in total. The van der Waals surface area contributed by atoms with Gasteiger partial charge in [0.25, 0.3) is 0 Å². The minimum absolute atomic E-state index is 0.461. The molecule has 0 aromatic heterocycles. The molecule has 0 spiro atoms. The van der Waals surface area contributed by atoms with E-state index in [1.807, 2.05) is 0 Å². The topological polar surface area (TPSA) is 65.1 Å². The van der Waals surface area contributed by atoms with Crippen molar-refractivity contribution in [2.24, 2.45) is 0 Å². The van der Waals surface area contributed by atoms with Crippen molar-refractivity contribution in [1.82, 2.24) is 14.7 Å². The van der Waals surface area contributed by atoms with Crippen LogP contribution in [0.25, 0.3) is 0 Å². The zero-order valence-electron chi connectivity index (χ0n) is 40.3. The third-order valence-electron chi connectivity index (χ3n) is 8.04. The Labute approximate surface area is 411 Å². The summed E-state index contributed by atoms with van der Waals surface area (Å²) in [5, 5.41) is 0. The van der Waals surface area contributed by atoms with Crippen LogP contribution in [0.2, 0.25) is 12.1 Å². The van der Waals surface area contributed by atoms with Crippen LogP contribution in [-0.2, 0) is 26.6 Å². The highest BCUT2D eigenvalue weighted by molar-refractivity contribution is 6.61. The molecule has 68 heavy (non-hydrogen) atoms. The Morgan fingerprint density at radius 1 is 0.279 bits per heavy atom. The lowest BCUT2D eigenvalue weighted by Crippen LogP contribution is -2.42. The van der Waals surface area contributed by atoms with E-state index in [9.17, 15) is 0 Å². The van der Waals surface area contributed by atoms with Gasteiger partial charge in [-0.15, -0.1) is 0 Å². The van der Waals surface area contributed by atoms with Gasteiger partial charge >= 0.3 is 17.6 Å². The molecule has 0 atom stereocenters.